The highest BCUT2D eigenvalue weighted by Gasteiger charge is 2.25. The van der Waals surface area contributed by atoms with Crippen LogP contribution in [-0.4, -0.2) is 61.5 Å². The van der Waals surface area contributed by atoms with Crippen LogP contribution in [0.25, 0.3) is 10.6 Å². The molecular weight excluding hydrogens is 460 g/mol. The number of thiophene rings is 1. The first-order valence-electron chi connectivity index (χ1n) is 10.8. The number of carbonyl (C=O) groups is 2. The number of anilines is 1. The van der Waals surface area contributed by atoms with Gasteiger partial charge in [-0.25, -0.2) is 0 Å². The average Bonchev–Trinajstić information content (AvgIpc) is 3.19. The van der Waals surface area contributed by atoms with Gasteiger partial charge >= 0.3 is 0 Å². The van der Waals surface area contributed by atoms with Crippen LogP contribution >= 0.6 is 22.9 Å². The van der Waals surface area contributed by atoms with Crippen molar-refractivity contribution >= 4 is 40.4 Å². The number of hydrogen-bond donors (Lipinski definition) is 1. The number of piperazine rings is 1. The molecule has 2 amide bonds. The van der Waals surface area contributed by atoms with Gasteiger partial charge in [0.05, 0.1) is 27.1 Å². The number of amides is 2. The van der Waals surface area contributed by atoms with Crippen molar-refractivity contribution in [2.45, 2.75) is 6.42 Å². The number of nitrogens with zero attached hydrogens (tertiary/aromatic N) is 3. The highest BCUT2D eigenvalue weighted by Crippen LogP contribution is 2.40. The zero-order valence-corrected chi connectivity index (χ0v) is 19.7. The van der Waals surface area contributed by atoms with Crippen molar-refractivity contribution in [1.82, 2.24) is 15.2 Å². The van der Waals surface area contributed by atoms with Gasteiger partial charge in [0.1, 0.15) is 11.4 Å². The van der Waals surface area contributed by atoms with E-state index in [-0.39, 0.29) is 11.8 Å². The first kappa shape index (κ1) is 21.9. The van der Waals surface area contributed by atoms with Crippen molar-refractivity contribution in [3.05, 3.63) is 63.6 Å². The molecule has 0 bridgehead atoms. The van der Waals surface area contributed by atoms with Crippen LogP contribution in [0.5, 0.6) is 5.75 Å². The van der Waals surface area contributed by atoms with E-state index in [1.165, 1.54) is 16.2 Å². The Morgan fingerprint density at radius 2 is 2.03 bits per heavy atom. The molecule has 1 fully saturated rings. The van der Waals surface area contributed by atoms with E-state index in [1.54, 1.807) is 31.4 Å². The largest absolute Gasteiger partial charge is 0.491 e. The van der Waals surface area contributed by atoms with Crippen molar-refractivity contribution in [3.8, 4) is 16.3 Å². The average molecular weight is 483 g/mol. The molecule has 0 atom stereocenters. The molecule has 2 aliphatic rings. The molecule has 0 saturated carbocycles. The predicted octanol–water partition coefficient (Wildman–Crippen LogP) is 3.72. The molecule has 3 aromatic rings. The molecular formula is C24H23ClN4O3S. The van der Waals surface area contributed by atoms with Gasteiger partial charge in [-0.2, -0.15) is 0 Å². The third-order valence-corrected chi connectivity index (χ3v) is 7.37. The predicted molar refractivity (Wildman–Crippen MR) is 130 cm³/mol. The topological polar surface area (TPSA) is 74.8 Å². The maximum Gasteiger partial charge on any atom is 0.268 e. The lowest BCUT2D eigenvalue weighted by atomic mass is 10.1. The van der Waals surface area contributed by atoms with Gasteiger partial charge in [-0.15, -0.1) is 11.3 Å². The fourth-order valence-electron chi connectivity index (χ4n) is 4.11. The van der Waals surface area contributed by atoms with Gasteiger partial charge in [0.15, 0.2) is 0 Å². The molecule has 0 spiro atoms. The molecule has 7 nitrogen and oxygen atoms in total. The van der Waals surface area contributed by atoms with Crippen molar-refractivity contribution in [2.24, 2.45) is 0 Å². The molecule has 5 rings (SSSR count). The highest BCUT2D eigenvalue weighted by atomic mass is 35.5. The van der Waals surface area contributed by atoms with Gasteiger partial charge in [0.2, 0.25) is 0 Å². The zero-order chi connectivity index (χ0) is 22.9. The normalized spacial score (nSPS) is 15.2. The molecule has 4 heterocycles. The number of hydrogen-bond acceptors (Lipinski definition) is 6. The smallest absolute Gasteiger partial charge is 0.268 e. The molecule has 0 unspecified atom stereocenters. The number of carbonyl (C=O) groups excluding carboxylic acids is 2. The van der Waals surface area contributed by atoms with Crippen molar-refractivity contribution in [3.63, 3.8) is 0 Å². The van der Waals surface area contributed by atoms with Gasteiger partial charge in [0, 0.05) is 51.4 Å². The second-order valence-electron chi connectivity index (χ2n) is 7.99. The van der Waals surface area contributed by atoms with Crippen LogP contribution in [0.15, 0.2) is 42.6 Å². The van der Waals surface area contributed by atoms with E-state index in [4.69, 9.17) is 16.3 Å². The number of rotatable bonds is 3. The number of pyridine rings is 1. The first-order valence-corrected chi connectivity index (χ1v) is 12.0. The molecule has 33 heavy (non-hydrogen) atoms. The SMILES string of the molecule is CN(C(=O)c1cc2c(s1)-c1ncccc1OCC2)c1ccc(C(=O)N2CCNCC2)cc1Cl. The monoisotopic (exact) mass is 482 g/mol. The molecule has 2 aliphatic heterocycles. The van der Waals surface area contributed by atoms with Crippen molar-refractivity contribution < 1.29 is 14.3 Å². The Morgan fingerprint density at radius 1 is 1.21 bits per heavy atom. The van der Waals surface area contributed by atoms with Crippen LogP contribution in [0.2, 0.25) is 5.02 Å². The summed E-state index contributed by atoms with van der Waals surface area (Å²) in [6.07, 6.45) is 2.44. The van der Waals surface area contributed by atoms with E-state index in [0.29, 0.717) is 47.3 Å². The van der Waals surface area contributed by atoms with Crippen LogP contribution < -0.4 is 15.0 Å². The molecule has 2 aromatic heterocycles. The zero-order valence-electron chi connectivity index (χ0n) is 18.1. The van der Waals surface area contributed by atoms with E-state index in [9.17, 15) is 9.59 Å². The summed E-state index contributed by atoms with van der Waals surface area (Å²) in [6, 6.07) is 10.8. The summed E-state index contributed by atoms with van der Waals surface area (Å²) in [5, 5.41) is 3.60. The minimum Gasteiger partial charge on any atom is -0.491 e. The Balaban J connectivity index is 1.39. The maximum atomic E-state index is 13.3. The number of aromatic nitrogens is 1. The molecule has 1 aromatic carbocycles. The summed E-state index contributed by atoms with van der Waals surface area (Å²) < 4.78 is 5.79. The fraction of sp³-hybridized carbons (Fsp3) is 0.292. The van der Waals surface area contributed by atoms with E-state index >= 15 is 0 Å². The third kappa shape index (κ3) is 4.21. The highest BCUT2D eigenvalue weighted by molar-refractivity contribution is 7.17. The third-order valence-electron chi connectivity index (χ3n) is 5.90. The van der Waals surface area contributed by atoms with E-state index in [2.05, 4.69) is 10.3 Å². The first-order chi connectivity index (χ1) is 16.0. The van der Waals surface area contributed by atoms with Gasteiger partial charge in [-0.05, 0) is 42.0 Å². The summed E-state index contributed by atoms with van der Waals surface area (Å²) in [5.41, 5.74) is 2.91. The van der Waals surface area contributed by atoms with E-state index in [0.717, 1.165) is 35.0 Å². The van der Waals surface area contributed by atoms with Crippen LogP contribution in [0.1, 0.15) is 25.6 Å². The van der Waals surface area contributed by atoms with Crippen LogP contribution in [0.4, 0.5) is 5.69 Å². The second-order valence-corrected chi connectivity index (χ2v) is 9.45. The van der Waals surface area contributed by atoms with Gasteiger partial charge in [-0.1, -0.05) is 11.6 Å². The Kier molecular flexibility index (Phi) is 6.05. The molecule has 1 saturated heterocycles. The Bertz CT molecular complexity index is 1220. The fourth-order valence-corrected chi connectivity index (χ4v) is 5.60. The summed E-state index contributed by atoms with van der Waals surface area (Å²) in [5.74, 6) is 0.530. The van der Waals surface area contributed by atoms with Crippen molar-refractivity contribution in [1.29, 1.82) is 0 Å². The number of benzene rings is 1. The lowest BCUT2D eigenvalue weighted by Crippen LogP contribution is -2.46. The summed E-state index contributed by atoms with van der Waals surface area (Å²) >= 11 is 7.94. The van der Waals surface area contributed by atoms with Crippen LogP contribution in [-0.2, 0) is 6.42 Å². The van der Waals surface area contributed by atoms with Crippen molar-refractivity contribution in [2.75, 3.05) is 44.7 Å². The van der Waals surface area contributed by atoms with Gasteiger partial charge in [-0.3, -0.25) is 14.6 Å². The van der Waals surface area contributed by atoms with Crippen LogP contribution in [0, 0.1) is 0 Å². The van der Waals surface area contributed by atoms with Gasteiger partial charge in [0.25, 0.3) is 11.8 Å². The lowest BCUT2D eigenvalue weighted by molar-refractivity contribution is 0.0735. The molecule has 1 N–H and O–H groups in total. The van der Waals surface area contributed by atoms with Gasteiger partial charge < -0.3 is 19.9 Å². The summed E-state index contributed by atoms with van der Waals surface area (Å²) in [4.78, 5) is 35.5. The maximum absolute atomic E-state index is 13.3. The number of halogens is 1. The minimum atomic E-state index is -0.158. The second kappa shape index (κ2) is 9.13. The standard InChI is InChI=1S/C24H23ClN4O3S/c1-28(18-5-4-16(13-17(18)25)23(30)29-10-8-26-9-11-29)24(31)20-14-15-6-12-32-19-3-2-7-27-21(19)22(15)33-20/h2-5,7,13-14,26H,6,8-12H2,1H3. The number of fused-ring (bicyclic) bond motifs is 3. The molecule has 0 radical (unpaired) electrons. The Labute approximate surface area is 200 Å². The quantitative estimate of drug-likeness (QED) is 0.615. The Morgan fingerprint density at radius 3 is 2.82 bits per heavy atom. The minimum absolute atomic E-state index is 0.0469. The lowest BCUT2D eigenvalue weighted by Gasteiger charge is -2.27. The number of nitrogens with one attached hydrogen (secondary N) is 1. The molecule has 0 aliphatic carbocycles. The Hall–Kier alpha value is -2.94. The van der Waals surface area contributed by atoms with E-state index in [1.807, 2.05) is 23.1 Å². The summed E-state index contributed by atoms with van der Waals surface area (Å²) in [7, 11) is 1.70. The number of ether oxygens (including phenoxy) is 1. The summed E-state index contributed by atoms with van der Waals surface area (Å²) in [6.45, 7) is 3.45. The van der Waals surface area contributed by atoms with E-state index < -0.39 is 0 Å². The molecule has 170 valence electrons. The molecule has 9 heteroatoms. The van der Waals surface area contributed by atoms with Crippen LogP contribution in [0.3, 0.4) is 0 Å².